The summed E-state index contributed by atoms with van der Waals surface area (Å²) >= 11 is 0. The van der Waals surface area contributed by atoms with E-state index in [1.54, 1.807) is 0 Å². The molecule has 0 bridgehead atoms. The van der Waals surface area contributed by atoms with Crippen molar-refractivity contribution in [1.29, 1.82) is 0 Å². The van der Waals surface area contributed by atoms with E-state index in [1.807, 2.05) is 0 Å². The monoisotopic (exact) mass is 300 g/mol. The van der Waals surface area contributed by atoms with Crippen LogP contribution in [0.1, 0.15) is 71.3 Å². The van der Waals surface area contributed by atoms with E-state index in [2.05, 4.69) is 68.7 Å². The molecule has 0 spiro atoms. The van der Waals surface area contributed by atoms with Crippen molar-refractivity contribution in [3.63, 3.8) is 0 Å². The van der Waals surface area contributed by atoms with Crippen LogP contribution in [0.4, 0.5) is 0 Å². The SMILES string of the molecule is CC(C)(C)NC1(C)CCC(NC2CC2c2ccccc2)CC1. The first-order chi connectivity index (χ1) is 10.3. The standard InChI is InChI=1S/C20H32N2/c1-19(2,3)22-20(4)12-10-16(11-13-20)21-18-14-17(18)15-8-6-5-7-9-15/h5-9,16-18,21-22H,10-14H2,1-4H3. The van der Waals surface area contributed by atoms with Gasteiger partial charge in [-0.1, -0.05) is 30.3 Å². The summed E-state index contributed by atoms with van der Waals surface area (Å²) in [6, 6.07) is 12.4. The Hall–Kier alpha value is -0.860. The molecule has 0 amide bonds. The first kappa shape index (κ1) is 16.0. The average molecular weight is 300 g/mol. The highest BCUT2D eigenvalue weighted by Gasteiger charge is 2.41. The molecule has 2 nitrogen and oxygen atoms in total. The lowest BCUT2D eigenvalue weighted by Gasteiger charge is -2.43. The highest BCUT2D eigenvalue weighted by molar-refractivity contribution is 5.27. The molecular weight excluding hydrogens is 268 g/mol. The topological polar surface area (TPSA) is 24.1 Å². The zero-order valence-electron chi connectivity index (χ0n) is 14.7. The maximum Gasteiger partial charge on any atom is 0.0159 e. The van der Waals surface area contributed by atoms with Gasteiger partial charge in [0.1, 0.15) is 0 Å². The normalized spacial score (nSPS) is 35.4. The minimum atomic E-state index is 0.212. The van der Waals surface area contributed by atoms with E-state index in [4.69, 9.17) is 0 Å². The fourth-order valence-electron chi connectivity index (χ4n) is 4.20. The molecule has 2 fully saturated rings. The third kappa shape index (κ3) is 4.11. The van der Waals surface area contributed by atoms with Crippen LogP contribution in [-0.2, 0) is 0 Å². The first-order valence-corrected chi connectivity index (χ1v) is 8.95. The summed E-state index contributed by atoms with van der Waals surface area (Å²) < 4.78 is 0. The largest absolute Gasteiger partial charge is 0.311 e. The van der Waals surface area contributed by atoms with E-state index < -0.39 is 0 Å². The van der Waals surface area contributed by atoms with E-state index in [0.29, 0.717) is 17.6 Å². The second-order valence-corrected chi connectivity index (χ2v) is 8.74. The summed E-state index contributed by atoms with van der Waals surface area (Å²) in [6.07, 6.45) is 6.49. The van der Waals surface area contributed by atoms with Crippen LogP contribution in [0.2, 0.25) is 0 Å². The molecule has 1 aromatic carbocycles. The van der Waals surface area contributed by atoms with Gasteiger partial charge in [0, 0.05) is 29.1 Å². The lowest BCUT2D eigenvalue weighted by molar-refractivity contribution is 0.176. The van der Waals surface area contributed by atoms with Crippen molar-refractivity contribution in [1.82, 2.24) is 10.6 Å². The Morgan fingerprint density at radius 3 is 2.27 bits per heavy atom. The number of nitrogens with one attached hydrogen (secondary N) is 2. The summed E-state index contributed by atoms with van der Waals surface area (Å²) in [5.74, 6) is 0.752. The molecule has 122 valence electrons. The molecule has 2 aliphatic rings. The smallest absolute Gasteiger partial charge is 0.0159 e. The number of hydrogen-bond donors (Lipinski definition) is 2. The molecule has 22 heavy (non-hydrogen) atoms. The molecule has 1 aromatic rings. The summed E-state index contributed by atoms with van der Waals surface area (Å²) in [5.41, 5.74) is 2.04. The Bertz CT molecular complexity index is 480. The van der Waals surface area contributed by atoms with E-state index in [1.165, 1.54) is 37.7 Å². The number of benzene rings is 1. The van der Waals surface area contributed by atoms with E-state index in [9.17, 15) is 0 Å². The lowest BCUT2D eigenvalue weighted by atomic mass is 9.79. The third-order valence-corrected chi connectivity index (χ3v) is 5.23. The quantitative estimate of drug-likeness (QED) is 0.870. The Balaban J connectivity index is 1.46. The van der Waals surface area contributed by atoms with Crippen LogP contribution in [0.15, 0.2) is 30.3 Å². The minimum absolute atomic E-state index is 0.212. The van der Waals surface area contributed by atoms with Crippen molar-refractivity contribution in [3.05, 3.63) is 35.9 Å². The van der Waals surface area contributed by atoms with Crippen molar-refractivity contribution in [3.8, 4) is 0 Å². The maximum absolute atomic E-state index is 3.91. The van der Waals surface area contributed by atoms with Gasteiger partial charge in [0.25, 0.3) is 0 Å². The van der Waals surface area contributed by atoms with Gasteiger partial charge in [-0.15, -0.1) is 0 Å². The number of rotatable bonds is 4. The molecular formula is C20H32N2. The van der Waals surface area contributed by atoms with Gasteiger partial charge in [-0.3, -0.25) is 0 Å². The molecule has 2 aliphatic carbocycles. The van der Waals surface area contributed by atoms with Gasteiger partial charge >= 0.3 is 0 Å². The Morgan fingerprint density at radius 1 is 1.05 bits per heavy atom. The van der Waals surface area contributed by atoms with E-state index in [-0.39, 0.29) is 5.54 Å². The van der Waals surface area contributed by atoms with Gasteiger partial charge < -0.3 is 10.6 Å². The van der Waals surface area contributed by atoms with Crippen LogP contribution in [0, 0.1) is 0 Å². The van der Waals surface area contributed by atoms with Gasteiger partial charge in [0.05, 0.1) is 0 Å². The highest BCUT2D eigenvalue weighted by atomic mass is 15.1. The van der Waals surface area contributed by atoms with Gasteiger partial charge in [-0.25, -0.2) is 0 Å². The van der Waals surface area contributed by atoms with Gasteiger partial charge in [-0.2, -0.15) is 0 Å². The number of hydrogen-bond acceptors (Lipinski definition) is 2. The predicted molar refractivity (Wildman–Crippen MR) is 94.3 cm³/mol. The van der Waals surface area contributed by atoms with Crippen LogP contribution >= 0.6 is 0 Å². The molecule has 0 heterocycles. The van der Waals surface area contributed by atoms with E-state index >= 15 is 0 Å². The predicted octanol–water partition coefficient (Wildman–Crippen LogP) is 4.22. The fourth-order valence-corrected chi connectivity index (χ4v) is 4.20. The molecule has 0 aromatic heterocycles. The van der Waals surface area contributed by atoms with Crippen LogP contribution in [0.5, 0.6) is 0 Å². The van der Waals surface area contributed by atoms with Crippen LogP contribution < -0.4 is 10.6 Å². The molecule has 0 saturated heterocycles. The summed E-state index contributed by atoms with van der Waals surface area (Å²) in [5, 5.41) is 7.74. The summed E-state index contributed by atoms with van der Waals surface area (Å²) in [4.78, 5) is 0. The molecule has 0 aliphatic heterocycles. The van der Waals surface area contributed by atoms with Crippen molar-refractivity contribution >= 4 is 0 Å². The van der Waals surface area contributed by atoms with E-state index in [0.717, 1.165) is 5.92 Å². The molecule has 2 N–H and O–H groups in total. The zero-order valence-corrected chi connectivity index (χ0v) is 14.7. The van der Waals surface area contributed by atoms with Crippen molar-refractivity contribution < 1.29 is 0 Å². The fraction of sp³-hybridized carbons (Fsp3) is 0.700. The van der Waals surface area contributed by atoms with Crippen molar-refractivity contribution in [2.75, 3.05) is 0 Å². The summed E-state index contributed by atoms with van der Waals surface area (Å²) in [7, 11) is 0. The summed E-state index contributed by atoms with van der Waals surface area (Å²) in [6.45, 7) is 9.23. The Morgan fingerprint density at radius 2 is 1.68 bits per heavy atom. The second kappa shape index (κ2) is 5.98. The van der Waals surface area contributed by atoms with Gasteiger partial charge in [0.2, 0.25) is 0 Å². The van der Waals surface area contributed by atoms with Crippen LogP contribution in [0.25, 0.3) is 0 Å². The van der Waals surface area contributed by atoms with Gasteiger partial charge in [0.15, 0.2) is 0 Å². The minimum Gasteiger partial charge on any atom is -0.311 e. The Kier molecular flexibility index (Phi) is 4.35. The molecule has 2 atom stereocenters. The van der Waals surface area contributed by atoms with Gasteiger partial charge in [-0.05, 0) is 65.4 Å². The molecule has 0 radical (unpaired) electrons. The Labute approximate surface area is 136 Å². The van der Waals surface area contributed by atoms with Crippen LogP contribution in [0.3, 0.4) is 0 Å². The second-order valence-electron chi connectivity index (χ2n) is 8.74. The molecule has 2 heteroatoms. The average Bonchev–Trinajstić information content (AvgIpc) is 3.20. The molecule has 2 unspecified atom stereocenters. The van der Waals surface area contributed by atoms with Crippen molar-refractivity contribution in [2.24, 2.45) is 0 Å². The first-order valence-electron chi connectivity index (χ1n) is 8.95. The zero-order chi connectivity index (χ0) is 15.8. The molecule has 3 rings (SSSR count). The molecule has 2 saturated carbocycles. The van der Waals surface area contributed by atoms with Crippen LogP contribution in [-0.4, -0.2) is 23.2 Å². The third-order valence-electron chi connectivity index (χ3n) is 5.23. The highest BCUT2D eigenvalue weighted by Crippen LogP contribution is 2.42. The lowest BCUT2D eigenvalue weighted by Crippen LogP contribution is -2.55. The van der Waals surface area contributed by atoms with Crippen molar-refractivity contribution in [2.45, 2.75) is 88.9 Å². The maximum atomic E-state index is 3.91.